The molecule has 0 aromatic heterocycles. The Morgan fingerprint density at radius 3 is 2.42 bits per heavy atom. The maximum absolute atomic E-state index is 13.0. The van der Waals surface area contributed by atoms with Gasteiger partial charge in [0.15, 0.2) is 0 Å². The molecular weight excluding hydrogens is 327 g/mol. The van der Waals surface area contributed by atoms with Crippen molar-refractivity contribution < 1.29 is 9.18 Å². The van der Waals surface area contributed by atoms with Crippen LogP contribution in [0.1, 0.15) is 36.8 Å². The minimum Gasteiger partial charge on any atom is -0.355 e. The second-order valence-corrected chi connectivity index (χ2v) is 7.23. The SMILES string of the molecule is CC(CNC(=O)C1CCN(Cc2ccc(F)cc2)CC1)c1ccccc1. The zero-order valence-electron chi connectivity index (χ0n) is 15.3. The Morgan fingerprint density at radius 2 is 1.77 bits per heavy atom. The molecule has 1 aliphatic rings. The number of piperidine rings is 1. The topological polar surface area (TPSA) is 32.3 Å². The van der Waals surface area contributed by atoms with Crippen molar-refractivity contribution in [3.05, 3.63) is 71.5 Å². The number of hydrogen-bond acceptors (Lipinski definition) is 2. The molecule has 1 atom stereocenters. The van der Waals surface area contributed by atoms with Crippen LogP contribution in [0.5, 0.6) is 0 Å². The lowest BCUT2D eigenvalue weighted by atomic mass is 9.95. The van der Waals surface area contributed by atoms with E-state index in [1.54, 1.807) is 0 Å². The van der Waals surface area contributed by atoms with Gasteiger partial charge in [-0.05, 0) is 55.1 Å². The Kier molecular flexibility index (Phi) is 6.40. The van der Waals surface area contributed by atoms with Crippen LogP contribution in [0.15, 0.2) is 54.6 Å². The van der Waals surface area contributed by atoms with Crippen LogP contribution in [0, 0.1) is 11.7 Å². The first-order valence-corrected chi connectivity index (χ1v) is 9.41. The number of amides is 1. The Hall–Kier alpha value is -2.20. The third-order valence-electron chi connectivity index (χ3n) is 5.23. The molecule has 0 aliphatic carbocycles. The van der Waals surface area contributed by atoms with Gasteiger partial charge in [-0.3, -0.25) is 9.69 Å². The van der Waals surface area contributed by atoms with Gasteiger partial charge in [-0.1, -0.05) is 49.4 Å². The highest BCUT2D eigenvalue weighted by atomic mass is 19.1. The van der Waals surface area contributed by atoms with Crippen LogP contribution in [-0.2, 0) is 11.3 Å². The number of nitrogens with one attached hydrogen (secondary N) is 1. The molecule has 1 N–H and O–H groups in total. The van der Waals surface area contributed by atoms with Crippen molar-refractivity contribution in [2.45, 2.75) is 32.2 Å². The molecule has 0 spiro atoms. The van der Waals surface area contributed by atoms with Crippen molar-refractivity contribution in [1.29, 1.82) is 0 Å². The Labute approximate surface area is 155 Å². The summed E-state index contributed by atoms with van der Waals surface area (Å²) in [6, 6.07) is 16.9. The summed E-state index contributed by atoms with van der Waals surface area (Å²) in [5.41, 5.74) is 2.37. The summed E-state index contributed by atoms with van der Waals surface area (Å²) < 4.78 is 13.0. The maximum atomic E-state index is 13.0. The van der Waals surface area contributed by atoms with Gasteiger partial charge in [-0.25, -0.2) is 4.39 Å². The maximum Gasteiger partial charge on any atom is 0.223 e. The monoisotopic (exact) mass is 354 g/mol. The summed E-state index contributed by atoms with van der Waals surface area (Å²) in [4.78, 5) is 14.8. The molecule has 2 aromatic rings. The quantitative estimate of drug-likeness (QED) is 0.852. The number of carbonyl (C=O) groups is 1. The van der Waals surface area contributed by atoms with E-state index in [4.69, 9.17) is 0 Å². The highest BCUT2D eigenvalue weighted by Crippen LogP contribution is 2.20. The van der Waals surface area contributed by atoms with E-state index < -0.39 is 0 Å². The summed E-state index contributed by atoms with van der Waals surface area (Å²) in [5, 5.41) is 3.12. The molecule has 1 heterocycles. The van der Waals surface area contributed by atoms with Crippen molar-refractivity contribution in [3.63, 3.8) is 0 Å². The average molecular weight is 354 g/mol. The smallest absolute Gasteiger partial charge is 0.223 e. The highest BCUT2D eigenvalue weighted by Gasteiger charge is 2.25. The Balaban J connectivity index is 1.41. The van der Waals surface area contributed by atoms with Crippen LogP contribution < -0.4 is 5.32 Å². The summed E-state index contributed by atoms with van der Waals surface area (Å²) in [6.45, 7) is 5.45. The van der Waals surface area contributed by atoms with Gasteiger partial charge < -0.3 is 5.32 Å². The molecule has 1 fully saturated rings. The lowest BCUT2D eigenvalue weighted by molar-refractivity contribution is -0.126. The highest BCUT2D eigenvalue weighted by molar-refractivity contribution is 5.78. The lowest BCUT2D eigenvalue weighted by Gasteiger charge is -2.31. The van der Waals surface area contributed by atoms with Crippen LogP contribution in [0.3, 0.4) is 0 Å². The van der Waals surface area contributed by atoms with Gasteiger partial charge >= 0.3 is 0 Å². The van der Waals surface area contributed by atoms with Gasteiger partial charge in [0.05, 0.1) is 0 Å². The van der Waals surface area contributed by atoms with E-state index in [9.17, 15) is 9.18 Å². The zero-order chi connectivity index (χ0) is 18.4. The van der Waals surface area contributed by atoms with Gasteiger partial charge in [0.25, 0.3) is 0 Å². The van der Waals surface area contributed by atoms with Crippen LogP contribution in [0.4, 0.5) is 4.39 Å². The van der Waals surface area contributed by atoms with Gasteiger partial charge in [0.2, 0.25) is 5.91 Å². The first kappa shape index (κ1) is 18.6. The molecule has 2 aromatic carbocycles. The molecular formula is C22H27FN2O. The van der Waals surface area contributed by atoms with Crippen molar-refractivity contribution in [2.75, 3.05) is 19.6 Å². The number of halogens is 1. The average Bonchev–Trinajstić information content (AvgIpc) is 2.69. The summed E-state index contributed by atoms with van der Waals surface area (Å²) in [6.07, 6.45) is 1.76. The molecule has 1 saturated heterocycles. The summed E-state index contributed by atoms with van der Waals surface area (Å²) in [7, 11) is 0. The number of hydrogen-bond donors (Lipinski definition) is 1. The van der Waals surface area contributed by atoms with E-state index in [-0.39, 0.29) is 17.6 Å². The minimum atomic E-state index is -0.200. The predicted molar refractivity (Wildman–Crippen MR) is 102 cm³/mol. The van der Waals surface area contributed by atoms with Crippen LogP contribution in [0.2, 0.25) is 0 Å². The van der Waals surface area contributed by atoms with Crippen molar-refractivity contribution in [3.8, 4) is 0 Å². The fraction of sp³-hybridized carbons (Fsp3) is 0.409. The van der Waals surface area contributed by atoms with Crippen LogP contribution >= 0.6 is 0 Å². The third-order valence-corrected chi connectivity index (χ3v) is 5.23. The van der Waals surface area contributed by atoms with Crippen molar-refractivity contribution in [1.82, 2.24) is 10.2 Å². The molecule has 0 radical (unpaired) electrons. The molecule has 0 bridgehead atoms. The standard InChI is InChI=1S/C22H27FN2O/c1-17(19-5-3-2-4-6-19)15-24-22(26)20-11-13-25(14-12-20)16-18-7-9-21(23)10-8-18/h2-10,17,20H,11-16H2,1H3,(H,24,26). The number of carbonyl (C=O) groups excluding carboxylic acids is 1. The molecule has 26 heavy (non-hydrogen) atoms. The number of rotatable bonds is 6. The second kappa shape index (κ2) is 8.95. The van der Waals surface area contributed by atoms with Crippen LogP contribution in [0.25, 0.3) is 0 Å². The largest absolute Gasteiger partial charge is 0.355 e. The molecule has 4 heteroatoms. The molecule has 3 rings (SSSR count). The van der Waals surface area contributed by atoms with E-state index in [1.807, 2.05) is 30.3 Å². The molecule has 138 valence electrons. The van der Waals surface area contributed by atoms with Crippen LogP contribution in [-0.4, -0.2) is 30.4 Å². The second-order valence-electron chi connectivity index (χ2n) is 7.23. The fourth-order valence-electron chi connectivity index (χ4n) is 3.50. The van der Waals surface area contributed by atoms with E-state index in [0.29, 0.717) is 12.5 Å². The van der Waals surface area contributed by atoms with E-state index >= 15 is 0 Å². The molecule has 1 unspecified atom stereocenters. The van der Waals surface area contributed by atoms with Gasteiger partial charge in [0.1, 0.15) is 5.82 Å². The fourth-order valence-corrected chi connectivity index (χ4v) is 3.50. The van der Waals surface area contributed by atoms with E-state index in [0.717, 1.165) is 38.0 Å². The molecule has 1 amide bonds. The first-order chi connectivity index (χ1) is 12.6. The minimum absolute atomic E-state index is 0.0995. The van der Waals surface area contributed by atoms with E-state index in [2.05, 4.69) is 29.3 Å². The predicted octanol–water partition coefficient (Wildman–Crippen LogP) is 3.96. The lowest BCUT2D eigenvalue weighted by Crippen LogP contribution is -2.41. The van der Waals surface area contributed by atoms with Crippen molar-refractivity contribution in [2.24, 2.45) is 5.92 Å². The third kappa shape index (κ3) is 5.15. The number of likely N-dealkylation sites (tertiary alicyclic amines) is 1. The summed E-state index contributed by atoms with van der Waals surface area (Å²) >= 11 is 0. The number of nitrogens with zero attached hydrogens (tertiary/aromatic N) is 1. The molecule has 3 nitrogen and oxygen atoms in total. The summed E-state index contributed by atoms with van der Waals surface area (Å²) in [5.74, 6) is 0.393. The van der Waals surface area contributed by atoms with Gasteiger partial charge in [0, 0.05) is 19.0 Å². The van der Waals surface area contributed by atoms with Gasteiger partial charge in [-0.2, -0.15) is 0 Å². The normalized spacial score (nSPS) is 17.0. The molecule has 0 saturated carbocycles. The van der Waals surface area contributed by atoms with Gasteiger partial charge in [-0.15, -0.1) is 0 Å². The first-order valence-electron chi connectivity index (χ1n) is 9.41. The number of benzene rings is 2. The Bertz CT molecular complexity index is 694. The molecule has 1 aliphatic heterocycles. The zero-order valence-corrected chi connectivity index (χ0v) is 15.3. The van der Waals surface area contributed by atoms with Crippen molar-refractivity contribution >= 4 is 5.91 Å². The Morgan fingerprint density at radius 1 is 1.12 bits per heavy atom. The van der Waals surface area contributed by atoms with E-state index in [1.165, 1.54) is 17.7 Å².